The van der Waals surface area contributed by atoms with Gasteiger partial charge in [-0.15, -0.1) is 0 Å². The van der Waals surface area contributed by atoms with Crippen LogP contribution in [0.2, 0.25) is 0 Å². The van der Waals surface area contributed by atoms with Crippen molar-refractivity contribution in [3.8, 4) is 0 Å². The Bertz CT molecular complexity index is 1840. The van der Waals surface area contributed by atoms with Gasteiger partial charge in [0.05, 0.1) is 31.6 Å². The maximum absolute atomic E-state index is 16.3. The zero-order chi connectivity index (χ0) is 33.2. The van der Waals surface area contributed by atoms with Gasteiger partial charge in [0.2, 0.25) is 0 Å². The van der Waals surface area contributed by atoms with Crippen LogP contribution in [0, 0.1) is 0 Å². The molecule has 5 aliphatic heterocycles. The summed E-state index contributed by atoms with van der Waals surface area (Å²) in [5.74, 6) is 0.414. The molecule has 0 radical (unpaired) electrons. The van der Waals surface area contributed by atoms with Crippen LogP contribution in [0.15, 0.2) is 37.5 Å². The van der Waals surface area contributed by atoms with E-state index in [2.05, 4.69) is 35.2 Å². The van der Waals surface area contributed by atoms with E-state index >= 15 is 8.78 Å². The summed E-state index contributed by atoms with van der Waals surface area (Å²) in [5.41, 5.74) is 2.04. The Morgan fingerprint density at radius 1 is 0.771 bits per heavy atom. The van der Waals surface area contributed by atoms with E-state index < -0.39 is 77.6 Å². The average Bonchev–Trinajstić information content (AvgIpc) is 3.81. The summed E-state index contributed by atoms with van der Waals surface area (Å²) in [5, 5.41) is 3.19. The number of anilines is 1. The van der Waals surface area contributed by atoms with Gasteiger partial charge in [-0.3, -0.25) is 27.3 Å². The number of fused-ring (bicyclic) bond motifs is 10. The predicted molar refractivity (Wildman–Crippen MR) is 163 cm³/mol. The molecule has 14 bridgehead atoms. The van der Waals surface area contributed by atoms with Gasteiger partial charge in [0.1, 0.15) is 42.6 Å². The summed E-state index contributed by atoms with van der Waals surface area (Å²) < 4.78 is 97.5. The minimum atomic E-state index is -4.05. The molecule has 0 aliphatic carbocycles. The monoisotopic (exact) mass is 709 g/mol. The van der Waals surface area contributed by atoms with Gasteiger partial charge in [-0.2, -0.15) is 0 Å². The largest absolute Gasteiger partial charge is 0.365 e. The van der Waals surface area contributed by atoms with Gasteiger partial charge in [-0.05, 0) is 12.8 Å². The summed E-state index contributed by atoms with van der Waals surface area (Å²) in [6.45, 7) is 1.70. The minimum absolute atomic E-state index is 0.262. The van der Waals surface area contributed by atoms with Crippen molar-refractivity contribution >= 4 is 43.3 Å². The van der Waals surface area contributed by atoms with Gasteiger partial charge >= 0.3 is 15.2 Å². The lowest BCUT2D eigenvalue weighted by Gasteiger charge is -2.29. The third-order valence-corrected chi connectivity index (χ3v) is 11.0. The fourth-order valence-corrected chi connectivity index (χ4v) is 8.64. The Morgan fingerprint density at radius 3 is 1.96 bits per heavy atom. The summed E-state index contributed by atoms with van der Waals surface area (Å²) in [4.78, 5) is 26.1. The van der Waals surface area contributed by atoms with Crippen LogP contribution in [0.3, 0.4) is 0 Å². The number of allylic oxidation sites excluding steroid dienone is 1. The van der Waals surface area contributed by atoms with Gasteiger partial charge in [0.25, 0.3) is 0 Å². The van der Waals surface area contributed by atoms with Gasteiger partial charge in [0, 0.05) is 19.9 Å². The number of nitrogens with zero attached hydrogens (tertiary/aromatic N) is 8. The summed E-state index contributed by atoms with van der Waals surface area (Å²) >= 11 is 0. The maximum Gasteiger partial charge on any atom is 0.328 e. The number of rotatable bonds is 0. The molecule has 3 unspecified atom stereocenters. The van der Waals surface area contributed by atoms with Crippen LogP contribution >= 0.6 is 15.2 Å². The first-order chi connectivity index (χ1) is 23.1. The molecule has 9 rings (SSSR count). The lowest BCUT2D eigenvalue weighted by molar-refractivity contribution is -0.0565. The van der Waals surface area contributed by atoms with E-state index in [1.54, 1.807) is 0 Å². The minimum Gasteiger partial charge on any atom is -0.365 e. The van der Waals surface area contributed by atoms with Crippen molar-refractivity contribution < 1.29 is 45.5 Å². The van der Waals surface area contributed by atoms with Crippen molar-refractivity contribution in [2.24, 2.45) is 0 Å². The number of halogens is 2. The van der Waals surface area contributed by atoms with Crippen molar-refractivity contribution in [3.63, 3.8) is 0 Å². The van der Waals surface area contributed by atoms with E-state index in [9.17, 15) is 9.13 Å². The maximum atomic E-state index is 16.3. The lowest BCUT2D eigenvalue weighted by Crippen LogP contribution is -2.37. The Kier molecular flexibility index (Phi) is 8.15. The van der Waals surface area contributed by atoms with E-state index in [4.69, 9.17) is 27.6 Å². The molecule has 17 nitrogen and oxygen atoms in total. The molecule has 5 aliphatic rings. The van der Waals surface area contributed by atoms with Gasteiger partial charge in [0.15, 0.2) is 47.4 Å². The van der Waals surface area contributed by atoms with E-state index in [0.29, 0.717) is 47.6 Å². The Labute approximate surface area is 271 Å². The highest BCUT2D eigenvalue weighted by atomic mass is 31.2. The molecule has 10 atom stereocenters. The highest BCUT2D eigenvalue weighted by Gasteiger charge is 2.54. The number of nitrogens with one attached hydrogen (secondary N) is 1. The third kappa shape index (κ3) is 5.75. The van der Waals surface area contributed by atoms with E-state index in [1.807, 2.05) is 12.2 Å². The molecular weight excluding hydrogens is 678 g/mol. The van der Waals surface area contributed by atoms with E-state index in [0.717, 1.165) is 13.3 Å². The number of ether oxygens (including phenoxy) is 2. The van der Waals surface area contributed by atoms with Crippen LogP contribution in [-0.2, 0) is 43.1 Å². The number of hydrogen-bond donors (Lipinski definition) is 1. The average molecular weight is 710 g/mol. The highest BCUT2D eigenvalue weighted by Crippen LogP contribution is 2.54. The normalized spacial score (nSPS) is 37.5. The number of aryl methyl sites for hydroxylation is 1. The number of aromatic nitrogens is 8. The quantitative estimate of drug-likeness (QED) is 0.206. The molecule has 3 fully saturated rings. The van der Waals surface area contributed by atoms with Gasteiger partial charge < -0.3 is 23.8 Å². The summed E-state index contributed by atoms with van der Waals surface area (Å²) in [7, 11) is -8.10. The zero-order valence-corrected chi connectivity index (χ0v) is 27.4. The molecule has 48 heavy (non-hydrogen) atoms. The molecular formula is C27H31F2N9O8P2. The molecule has 1 N–H and O–H groups in total. The second kappa shape index (κ2) is 12.2. The number of imidazole rings is 2. The van der Waals surface area contributed by atoms with E-state index in [1.165, 1.54) is 34.4 Å². The topological polar surface area (TPSA) is 189 Å². The van der Waals surface area contributed by atoms with E-state index in [-0.39, 0.29) is 5.65 Å². The molecule has 256 valence electrons. The molecule has 0 spiro atoms. The standard InChI is InChI=1S/C27H31F2N9O8P2/c1-47(39)42-9-16-22-18(29)27(44-16)38-13-36-20-23(32-11-34-25(20)38)30-7-5-3-4-6-14-19-24(33-10-31-14)37(12-35-19)26-17(28)21(45-47)15(43-26)8-41-48(2,40)46-22/h3,5,10-13,15-18,21-22,26-27H,4,6-9H2,1-2H3,(H,30,32,34)/t15-,16-,17-,18-,21-,22-,26-,27?,47?,48?/m1/s1. The van der Waals surface area contributed by atoms with Crippen LogP contribution in [0.4, 0.5) is 14.6 Å². The highest BCUT2D eigenvalue weighted by molar-refractivity contribution is 7.53. The van der Waals surface area contributed by atoms with Crippen molar-refractivity contribution in [3.05, 3.63) is 43.2 Å². The SMILES string of the molecule is CP1(=O)OC[C@H]2O[C@@H]3[C@H](F)[C@@H]2OP(C)(=O)OC[C@H]2OC([C@H](F)[C@@H]2O1)n1cnc2c(ncnc21)NCC=CCCc1ncnc2c1ncn23. The van der Waals surface area contributed by atoms with Crippen molar-refractivity contribution in [2.45, 2.75) is 62.1 Å². The zero-order valence-electron chi connectivity index (χ0n) is 25.6. The Balaban J connectivity index is 1.21. The first-order valence-electron chi connectivity index (χ1n) is 15.2. The second-order valence-corrected chi connectivity index (χ2v) is 15.9. The van der Waals surface area contributed by atoms with Crippen molar-refractivity contribution in [1.29, 1.82) is 0 Å². The lowest BCUT2D eigenvalue weighted by atomic mass is 10.1. The van der Waals surface area contributed by atoms with Crippen LogP contribution in [0.5, 0.6) is 0 Å². The molecule has 4 aromatic heterocycles. The van der Waals surface area contributed by atoms with Crippen LogP contribution in [0.1, 0.15) is 24.6 Å². The third-order valence-electron chi connectivity index (χ3n) is 8.55. The smallest absolute Gasteiger partial charge is 0.328 e. The van der Waals surface area contributed by atoms with Crippen LogP contribution < -0.4 is 5.32 Å². The Hall–Kier alpha value is -3.28. The fraction of sp³-hybridized carbons (Fsp3) is 0.556. The molecule has 9 heterocycles. The summed E-state index contributed by atoms with van der Waals surface area (Å²) in [6, 6.07) is 0. The molecule has 3 saturated heterocycles. The summed E-state index contributed by atoms with van der Waals surface area (Å²) in [6.07, 6.45) is -1.56. The number of hydrogen-bond acceptors (Lipinski definition) is 15. The number of alkyl halides is 2. The first kappa shape index (κ1) is 32.0. The van der Waals surface area contributed by atoms with Crippen LogP contribution in [0.25, 0.3) is 22.3 Å². The first-order valence-corrected chi connectivity index (χ1v) is 19.2. The molecule has 0 saturated carbocycles. The fourth-order valence-electron chi connectivity index (χ4n) is 6.29. The molecule has 21 heteroatoms. The predicted octanol–water partition coefficient (Wildman–Crippen LogP) is 3.51. The van der Waals surface area contributed by atoms with Crippen molar-refractivity contribution in [1.82, 2.24) is 39.0 Å². The van der Waals surface area contributed by atoms with Gasteiger partial charge in [-0.25, -0.2) is 38.7 Å². The van der Waals surface area contributed by atoms with Crippen LogP contribution in [-0.4, -0.2) is 109 Å². The van der Waals surface area contributed by atoms with Gasteiger partial charge in [-0.1, -0.05) is 12.2 Å². The second-order valence-electron chi connectivity index (χ2n) is 11.9. The Morgan fingerprint density at radius 2 is 1.33 bits per heavy atom. The molecule has 4 aromatic rings. The molecule has 0 amide bonds. The molecule has 0 aromatic carbocycles. The van der Waals surface area contributed by atoms with Crippen molar-refractivity contribution in [2.75, 3.05) is 38.4 Å².